The lowest BCUT2D eigenvalue weighted by Gasteiger charge is -2.49. The van der Waals surface area contributed by atoms with E-state index in [0.29, 0.717) is 31.3 Å². The second-order valence-corrected chi connectivity index (χ2v) is 6.76. The number of nitrogens with one attached hydrogen (secondary N) is 1. The standard InChI is InChI=1S/C19H26N4O3/c1-15-11-26-14-19(13-25,23(15)9-16-5-3-2-4-6-16)12-22-18-8-20-17(10-24)7-21-18/h2-8,15,24-25H,9-14H2,1H3,(H,21,22)/t15-,19+/m1/s1. The quantitative estimate of drug-likeness (QED) is 0.681. The number of nitrogens with zero attached hydrogens (tertiary/aromatic N) is 3. The van der Waals surface area contributed by atoms with E-state index in [0.717, 1.165) is 6.54 Å². The molecule has 1 saturated heterocycles. The molecule has 0 radical (unpaired) electrons. The van der Waals surface area contributed by atoms with E-state index in [9.17, 15) is 5.11 Å². The summed E-state index contributed by atoms with van der Waals surface area (Å²) in [4.78, 5) is 10.7. The van der Waals surface area contributed by atoms with Crippen LogP contribution in [0.3, 0.4) is 0 Å². The van der Waals surface area contributed by atoms with E-state index in [1.807, 2.05) is 18.2 Å². The summed E-state index contributed by atoms with van der Waals surface area (Å²) in [5, 5.41) is 22.6. The number of ether oxygens (including phenoxy) is 1. The van der Waals surface area contributed by atoms with Crippen molar-refractivity contribution in [2.75, 3.05) is 31.7 Å². The number of anilines is 1. The van der Waals surface area contributed by atoms with Crippen LogP contribution in [-0.2, 0) is 17.9 Å². The van der Waals surface area contributed by atoms with Crippen molar-refractivity contribution in [2.24, 2.45) is 0 Å². The summed E-state index contributed by atoms with van der Waals surface area (Å²) in [7, 11) is 0. The summed E-state index contributed by atoms with van der Waals surface area (Å²) < 4.78 is 5.77. The SMILES string of the molecule is C[C@@H]1COC[C@@](CO)(CNc2cnc(CO)cn2)N1Cc1ccccc1. The lowest BCUT2D eigenvalue weighted by molar-refractivity contribution is -0.117. The number of aliphatic hydroxyl groups is 2. The molecular weight excluding hydrogens is 332 g/mol. The Kier molecular flexibility index (Phi) is 6.16. The molecule has 2 heterocycles. The highest BCUT2D eigenvalue weighted by atomic mass is 16.5. The first-order chi connectivity index (χ1) is 12.7. The zero-order valence-electron chi connectivity index (χ0n) is 15.0. The molecule has 7 nitrogen and oxygen atoms in total. The Morgan fingerprint density at radius 2 is 2.04 bits per heavy atom. The molecule has 0 bridgehead atoms. The first kappa shape index (κ1) is 18.7. The Bertz CT molecular complexity index is 683. The predicted octanol–water partition coefficient (Wildman–Crippen LogP) is 1.03. The van der Waals surface area contributed by atoms with E-state index < -0.39 is 5.54 Å². The smallest absolute Gasteiger partial charge is 0.144 e. The summed E-state index contributed by atoms with van der Waals surface area (Å²) in [5.74, 6) is 0.605. The van der Waals surface area contributed by atoms with Crippen LogP contribution in [0.25, 0.3) is 0 Å². The van der Waals surface area contributed by atoms with Crippen molar-refractivity contribution in [3.8, 4) is 0 Å². The van der Waals surface area contributed by atoms with Gasteiger partial charge in [0.2, 0.25) is 0 Å². The van der Waals surface area contributed by atoms with Crippen LogP contribution in [0.5, 0.6) is 0 Å². The number of hydrogen-bond donors (Lipinski definition) is 3. The fourth-order valence-corrected chi connectivity index (χ4v) is 3.29. The normalized spacial score (nSPS) is 23.7. The minimum atomic E-state index is -0.551. The third kappa shape index (κ3) is 4.19. The molecule has 3 rings (SSSR count). The lowest BCUT2D eigenvalue weighted by Crippen LogP contribution is -2.65. The Hall–Kier alpha value is -2.06. The van der Waals surface area contributed by atoms with Crippen LogP contribution in [0.15, 0.2) is 42.7 Å². The Labute approximate surface area is 153 Å². The van der Waals surface area contributed by atoms with Crippen LogP contribution in [0, 0.1) is 0 Å². The summed E-state index contributed by atoms with van der Waals surface area (Å²) >= 11 is 0. The van der Waals surface area contributed by atoms with Crippen molar-refractivity contribution in [3.05, 3.63) is 54.0 Å². The fourth-order valence-electron chi connectivity index (χ4n) is 3.29. The molecule has 1 fully saturated rings. The molecular formula is C19H26N4O3. The van der Waals surface area contributed by atoms with Crippen LogP contribution in [-0.4, -0.2) is 63.0 Å². The van der Waals surface area contributed by atoms with Crippen LogP contribution in [0.2, 0.25) is 0 Å². The molecule has 1 aromatic carbocycles. The molecule has 0 saturated carbocycles. The van der Waals surface area contributed by atoms with Gasteiger partial charge in [-0.05, 0) is 12.5 Å². The van der Waals surface area contributed by atoms with E-state index in [1.165, 1.54) is 11.8 Å². The lowest BCUT2D eigenvalue weighted by atomic mass is 9.94. The summed E-state index contributed by atoms with van der Waals surface area (Å²) in [6.45, 7) is 4.25. The van der Waals surface area contributed by atoms with Crippen LogP contribution >= 0.6 is 0 Å². The first-order valence-electron chi connectivity index (χ1n) is 8.82. The van der Waals surface area contributed by atoms with E-state index >= 15 is 0 Å². The average molecular weight is 358 g/mol. The molecule has 140 valence electrons. The highest BCUT2D eigenvalue weighted by Crippen LogP contribution is 2.27. The van der Waals surface area contributed by atoms with Gasteiger partial charge in [0.05, 0.1) is 50.1 Å². The molecule has 0 spiro atoms. The fraction of sp³-hybridized carbons (Fsp3) is 0.474. The van der Waals surface area contributed by atoms with E-state index in [-0.39, 0.29) is 19.3 Å². The van der Waals surface area contributed by atoms with Crippen molar-refractivity contribution in [1.82, 2.24) is 14.9 Å². The average Bonchev–Trinajstić information content (AvgIpc) is 2.70. The van der Waals surface area contributed by atoms with Crippen LogP contribution in [0.1, 0.15) is 18.2 Å². The number of aromatic nitrogens is 2. The van der Waals surface area contributed by atoms with Gasteiger partial charge in [-0.2, -0.15) is 0 Å². The molecule has 1 aromatic heterocycles. The van der Waals surface area contributed by atoms with Gasteiger partial charge in [0.1, 0.15) is 5.82 Å². The van der Waals surface area contributed by atoms with Gasteiger partial charge in [0, 0.05) is 19.1 Å². The highest BCUT2D eigenvalue weighted by Gasteiger charge is 2.42. The van der Waals surface area contributed by atoms with Crippen molar-refractivity contribution < 1.29 is 14.9 Å². The molecule has 0 unspecified atom stereocenters. The number of benzene rings is 1. The molecule has 0 amide bonds. The second kappa shape index (κ2) is 8.55. The second-order valence-electron chi connectivity index (χ2n) is 6.76. The van der Waals surface area contributed by atoms with E-state index in [1.54, 1.807) is 6.20 Å². The molecule has 1 aliphatic rings. The molecule has 0 aliphatic carbocycles. The van der Waals surface area contributed by atoms with Gasteiger partial charge in [-0.15, -0.1) is 0 Å². The minimum Gasteiger partial charge on any atom is -0.394 e. The number of hydrogen-bond acceptors (Lipinski definition) is 7. The van der Waals surface area contributed by atoms with Crippen molar-refractivity contribution in [3.63, 3.8) is 0 Å². The molecule has 2 atom stereocenters. The third-order valence-electron chi connectivity index (χ3n) is 4.83. The van der Waals surface area contributed by atoms with Gasteiger partial charge in [0.15, 0.2) is 0 Å². The van der Waals surface area contributed by atoms with Gasteiger partial charge in [-0.3, -0.25) is 9.88 Å². The topological polar surface area (TPSA) is 90.7 Å². The summed E-state index contributed by atoms with van der Waals surface area (Å²) in [5.41, 5.74) is 1.17. The number of aliphatic hydroxyl groups excluding tert-OH is 2. The minimum absolute atomic E-state index is 0.0284. The Morgan fingerprint density at radius 1 is 1.23 bits per heavy atom. The van der Waals surface area contributed by atoms with Crippen molar-refractivity contribution in [1.29, 1.82) is 0 Å². The van der Waals surface area contributed by atoms with Gasteiger partial charge in [-0.25, -0.2) is 4.98 Å². The van der Waals surface area contributed by atoms with E-state index in [2.05, 4.69) is 39.2 Å². The first-order valence-corrected chi connectivity index (χ1v) is 8.82. The van der Waals surface area contributed by atoms with Gasteiger partial charge < -0.3 is 20.3 Å². The van der Waals surface area contributed by atoms with E-state index in [4.69, 9.17) is 9.84 Å². The van der Waals surface area contributed by atoms with Crippen LogP contribution < -0.4 is 5.32 Å². The zero-order chi connectivity index (χ0) is 18.4. The largest absolute Gasteiger partial charge is 0.394 e. The molecule has 3 N–H and O–H groups in total. The molecule has 7 heteroatoms. The molecule has 26 heavy (non-hydrogen) atoms. The maximum absolute atomic E-state index is 10.2. The Balaban J connectivity index is 1.76. The Morgan fingerprint density at radius 3 is 2.69 bits per heavy atom. The van der Waals surface area contributed by atoms with Gasteiger partial charge >= 0.3 is 0 Å². The maximum Gasteiger partial charge on any atom is 0.144 e. The predicted molar refractivity (Wildman–Crippen MR) is 98.5 cm³/mol. The van der Waals surface area contributed by atoms with Gasteiger partial charge in [-0.1, -0.05) is 30.3 Å². The number of morpholine rings is 1. The maximum atomic E-state index is 10.2. The van der Waals surface area contributed by atoms with Gasteiger partial charge in [0.25, 0.3) is 0 Å². The van der Waals surface area contributed by atoms with Crippen molar-refractivity contribution in [2.45, 2.75) is 31.7 Å². The summed E-state index contributed by atoms with van der Waals surface area (Å²) in [6, 6.07) is 10.4. The van der Waals surface area contributed by atoms with Crippen molar-refractivity contribution >= 4 is 5.82 Å². The summed E-state index contributed by atoms with van der Waals surface area (Å²) in [6.07, 6.45) is 3.13. The number of rotatable bonds is 7. The molecule has 1 aliphatic heterocycles. The zero-order valence-corrected chi connectivity index (χ0v) is 15.0. The monoisotopic (exact) mass is 358 g/mol. The molecule has 2 aromatic rings. The third-order valence-corrected chi connectivity index (χ3v) is 4.83. The highest BCUT2D eigenvalue weighted by molar-refractivity contribution is 5.32. The van der Waals surface area contributed by atoms with Crippen LogP contribution in [0.4, 0.5) is 5.82 Å².